The first kappa shape index (κ1) is 32.5. The van der Waals surface area contributed by atoms with Crippen molar-refractivity contribution in [3.05, 3.63) is 128 Å². The molecular formula is C37H30Br2F3N5O. The maximum Gasteiger partial charge on any atom is 0.433 e. The molecule has 5 aromatic rings. The average molecular weight is 777 g/mol. The molecule has 0 N–H and O–H groups in total. The minimum absolute atomic E-state index is 0.0728. The number of fused-ring (bicyclic) bond motifs is 2. The zero-order valence-electron chi connectivity index (χ0n) is 26.0. The Morgan fingerprint density at radius 1 is 0.938 bits per heavy atom. The van der Waals surface area contributed by atoms with E-state index in [0.717, 1.165) is 62.2 Å². The summed E-state index contributed by atoms with van der Waals surface area (Å²) >= 11 is 6.98. The quantitative estimate of drug-likeness (QED) is 0.179. The van der Waals surface area contributed by atoms with Crippen LogP contribution in [0.15, 0.2) is 105 Å². The molecule has 1 amide bonds. The molecule has 11 heteroatoms. The number of hydrogen-bond donors (Lipinski definition) is 0. The fourth-order valence-corrected chi connectivity index (χ4v) is 7.03. The van der Waals surface area contributed by atoms with E-state index in [-0.39, 0.29) is 28.9 Å². The molecule has 7 rings (SSSR count). The van der Waals surface area contributed by atoms with E-state index in [9.17, 15) is 18.0 Å². The van der Waals surface area contributed by atoms with Crippen LogP contribution in [0.4, 0.5) is 13.2 Å². The molecule has 2 atom stereocenters. The Bertz CT molecular complexity index is 2070. The van der Waals surface area contributed by atoms with Crippen LogP contribution < -0.4 is 0 Å². The zero-order valence-corrected chi connectivity index (χ0v) is 29.2. The van der Waals surface area contributed by atoms with E-state index >= 15 is 0 Å². The van der Waals surface area contributed by atoms with Gasteiger partial charge in [0.15, 0.2) is 17.0 Å². The molecule has 0 bridgehead atoms. The molecule has 0 spiro atoms. The van der Waals surface area contributed by atoms with Gasteiger partial charge in [0, 0.05) is 26.5 Å². The summed E-state index contributed by atoms with van der Waals surface area (Å²) in [6.45, 7) is 4.10. The van der Waals surface area contributed by atoms with Crippen LogP contribution >= 0.6 is 31.9 Å². The summed E-state index contributed by atoms with van der Waals surface area (Å²) in [6, 6.07) is 24.9. The fraction of sp³-hybridized carbons (Fsp3) is 0.243. The van der Waals surface area contributed by atoms with Crippen molar-refractivity contribution in [2.45, 2.75) is 51.2 Å². The highest BCUT2D eigenvalue weighted by atomic mass is 79.9. The van der Waals surface area contributed by atoms with Gasteiger partial charge >= 0.3 is 6.18 Å². The molecule has 0 unspecified atom stereocenters. The number of carbonyl (C=O) groups excluding carboxylic acids is 1. The number of allylic oxidation sites excluding steroid dienone is 1. The van der Waals surface area contributed by atoms with Crippen LogP contribution in [-0.4, -0.2) is 31.2 Å². The SMILES string of the molecule is CC(C)c1ccc(-c2cc(C(F)(F)F)n3nc(C(=O)N4N=C5/C(=C\c6ccc(Br)cc6)CCC[C@H]5[C@H]4c4ccc(Br)cc4)cc3n2)cc1. The molecule has 3 heterocycles. The lowest BCUT2D eigenvalue weighted by molar-refractivity contribution is -0.142. The molecular weight excluding hydrogens is 747 g/mol. The Balaban J connectivity index is 1.32. The number of aromatic nitrogens is 3. The Hall–Kier alpha value is -4.09. The lowest BCUT2D eigenvalue weighted by Gasteiger charge is -2.29. The first-order chi connectivity index (χ1) is 23.0. The van der Waals surface area contributed by atoms with E-state index in [2.05, 4.69) is 48.0 Å². The topological polar surface area (TPSA) is 62.9 Å². The Labute approximate surface area is 292 Å². The van der Waals surface area contributed by atoms with Crippen LogP contribution in [0, 0.1) is 5.92 Å². The minimum atomic E-state index is -4.74. The molecule has 1 saturated carbocycles. The lowest BCUT2D eigenvalue weighted by atomic mass is 9.77. The molecule has 6 nitrogen and oxygen atoms in total. The number of benzene rings is 3. The number of hydrogen-bond acceptors (Lipinski definition) is 4. The summed E-state index contributed by atoms with van der Waals surface area (Å²) in [5.41, 5.74) is 4.25. The van der Waals surface area contributed by atoms with Crippen LogP contribution in [0.2, 0.25) is 0 Å². The van der Waals surface area contributed by atoms with Gasteiger partial charge in [0.2, 0.25) is 0 Å². The molecule has 1 fully saturated rings. The molecule has 0 radical (unpaired) electrons. The van der Waals surface area contributed by atoms with Gasteiger partial charge in [0.05, 0.1) is 17.4 Å². The van der Waals surface area contributed by atoms with Crippen molar-refractivity contribution in [2.24, 2.45) is 11.0 Å². The maximum absolute atomic E-state index is 14.4. The summed E-state index contributed by atoms with van der Waals surface area (Å²) in [4.78, 5) is 18.9. The number of alkyl halides is 3. The number of carbonyl (C=O) groups is 1. The lowest BCUT2D eigenvalue weighted by Crippen LogP contribution is -2.32. The monoisotopic (exact) mass is 775 g/mol. The Morgan fingerprint density at radius 2 is 1.60 bits per heavy atom. The normalized spacial score (nSPS) is 18.9. The number of rotatable bonds is 5. The number of nitrogens with zero attached hydrogens (tertiary/aromatic N) is 5. The third-order valence-corrected chi connectivity index (χ3v) is 10.00. The van der Waals surface area contributed by atoms with Gasteiger partial charge in [-0.15, -0.1) is 0 Å². The first-order valence-electron chi connectivity index (χ1n) is 15.7. The van der Waals surface area contributed by atoms with Crippen molar-refractivity contribution in [1.82, 2.24) is 19.6 Å². The second-order valence-electron chi connectivity index (χ2n) is 12.5. The predicted molar refractivity (Wildman–Crippen MR) is 187 cm³/mol. The van der Waals surface area contributed by atoms with E-state index < -0.39 is 23.8 Å². The van der Waals surface area contributed by atoms with E-state index in [0.29, 0.717) is 10.1 Å². The van der Waals surface area contributed by atoms with Crippen LogP contribution in [0.5, 0.6) is 0 Å². The number of hydrazone groups is 1. The third-order valence-electron chi connectivity index (χ3n) is 8.94. The summed E-state index contributed by atoms with van der Waals surface area (Å²) in [7, 11) is 0. The Kier molecular flexibility index (Phi) is 8.62. The molecule has 48 heavy (non-hydrogen) atoms. The van der Waals surface area contributed by atoms with Gasteiger partial charge in [0.1, 0.15) is 0 Å². The van der Waals surface area contributed by atoms with E-state index in [1.165, 1.54) is 11.1 Å². The van der Waals surface area contributed by atoms with Crippen LogP contribution in [0.1, 0.15) is 77.9 Å². The van der Waals surface area contributed by atoms with Gasteiger partial charge < -0.3 is 0 Å². The molecule has 244 valence electrons. The zero-order chi connectivity index (χ0) is 33.7. The first-order valence-corrected chi connectivity index (χ1v) is 17.3. The molecule has 1 aliphatic carbocycles. The molecule has 3 aromatic carbocycles. The summed E-state index contributed by atoms with van der Waals surface area (Å²) in [6.07, 6.45) is -0.117. The minimum Gasteiger partial charge on any atom is -0.265 e. The largest absolute Gasteiger partial charge is 0.433 e. The second-order valence-corrected chi connectivity index (χ2v) is 14.3. The van der Waals surface area contributed by atoms with Gasteiger partial charge in [-0.25, -0.2) is 14.5 Å². The van der Waals surface area contributed by atoms with E-state index in [4.69, 9.17) is 5.10 Å². The molecule has 2 aromatic heterocycles. The highest BCUT2D eigenvalue weighted by Gasteiger charge is 2.45. The van der Waals surface area contributed by atoms with Gasteiger partial charge in [-0.1, -0.05) is 94.2 Å². The predicted octanol–water partition coefficient (Wildman–Crippen LogP) is 10.5. The molecule has 2 aliphatic rings. The smallest absolute Gasteiger partial charge is 0.265 e. The highest BCUT2D eigenvalue weighted by molar-refractivity contribution is 9.10. The van der Waals surface area contributed by atoms with Gasteiger partial charge in [-0.2, -0.15) is 23.4 Å². The maximum atomic E-state index is 14.4. The van der Waals surface area contributed by atoms with Crippen molar-refractivity contribution in [3.63, 3.8) is 0 Å². The summed E-state index contributed by atoms with van der Waals surface area (Å²) in [5, 5.41) is 10.5. The third kappa shape index (κ3) is 6.25. The number of halogens is 5. The van der Waals surface area contributed by atoms with Crippen LogP contribution in [0.25, 0.3) is 23.0 Å². The van der Waals surface area contributed by atoms with Crippen molar-refractivity contribution in [1.29, 1.82) is 0 Å². The fourth-order valence-electron chi connectivity index (χ4n) is 6.51. The highest BCUT2D eigenvalue weighted by Crippen LogP contribution is 2.45. The molecule has 1 aliphatic heterocycles. The Morgan fingerprint density at radius 3 is 2.25 bits per heavy atom. The summed E-state index contributed by atoms with van der Waals surface area (Å²) < 4.78 is 45.9. The van der Waals surface area contributed by atoms with E-state index in [1.807, 2.05) is 74.5 Å². The van der Waals surface area contributed by atoms with Crippen molar-refractivity contribution >= 4 is 55.2 Å². The summed E-state index contributed by atoms with van der Waals surface area (Å²) in [5.74, 6) is -0.406. The van der Waals surface area contributed by atoms with Crippen LogP contribution in [0.3, 0.4) is 0 Å². The second kappa shape index (κ2) is 12.7. The van der Waals surface area contributed by atoms with Gasteiger partial charge in [-0.3, -0.25) is 4.79 Å². The van der Waals surface area contributed by atoms with Crippen LogP contribution in [-0.2, 0) is 6.18 Å². The van der Waals surface area contributed by atoms with Gasteiger partial charge in [-0.05, 0) is 83.9 Å². The van der Waals surface area contributed by atoms with E-state index in [1.54, 1.807) is 12.1 Å². The van der Waals surface area contributed by atoms with Crippen molar-refractivity contribution in [2.75, 3.05) is 0 Å². The standard InChI is InChI=1S/C37H30Br2F3N5O/c1-21(2)23-8-10-24(11-9-23)30-19-32(37(40,41)42)46-33(43-30)20-31(44-46)36(48)47-35(25-12-16-28(39)17-13-25)29-5-3-4-26(34(29)45-47)18-22-6-14-27(38)15-7-22/h6-21,29,35H,3-5H2,1-2H3/b26-18-/t29-,35-/m1/s1. The van der Waals surface area contributed by atoms with Crippen molar-refractivity contribution < 1.29 is 18.0 Å². The van der Waals surface area contributed by atoms with Gasteiger partial charge in [0.25, 0.3) is 5.91 Å². The van der Waals surface area contributed by atoms with Crippen molar-refractivity contribution in [3.8, 4) is 11.3 Å². The molecule has 0 saturated heterocycles. The average Bonchev–Trinajstić information content (AvgIpc) is 3.68. The number of amides is 1.